The van der Waals surface area contributed by atoms with E-state index in [0.29, 0.717) is 36.0 Å². The molecule has 196 valence electrons. The molecule has 2 aromatic heterocycles. The van der Waals surface area contributed by atoms with E-state index in [1.54, 1.807) is 48.6 Å². The molecule has 37 heavy (non-hydrogen) atoms. The molecule has 1 aliphatic rings. The molecule has 3 aromatic rings. The molecule has 2 N–H and O–H groups in total. The smallest absolute Gasteiger partial charge is 0.413 e. The minimum Gasteiger partial charge on any atom is -0.444 e. The maximum atomic E-state index is 13.4. The second-order valence-electron chi connectivity index (χ2n) is 10.4. The summed E-state index contributed by atoms with van der Waals surface area (Å²) >= 11 is 1.57. The Morgan fingerprint density at radius 1 is 1.14 bits per heavy atom. The number of hydrogen-bond donors (Lipinski definition) is 2. The topological polar surface area (TPSA) is 114 Å². The van der Waals surface area contributed by atoms with Crippen LogP contribution >= 0.6 is 11.3 Å². The van der Waals surface area contributed by atoms with Gasteiger partial charge in [-0.1, -0.05) is 19.9 Å². The van der Waals surface area contributed by atoms with Crippen LogP contribution in [0.15, 0.2) is 36.0 Å². The molecular weight excluding hydrogens is 490 g/mol. The van der Waals surface area contributed by atoms with Crippen molar-refractivity contribution < 1.29 is 19.1 Å². The number of fused-ring (bicyclic) bond motifs is 1. The summed E-state index contributed by atoms with van der Waals surface area (Å²) in [5, 5.41) is 5.35. The SMILES string of the molecule is CCc1cc(NC(=O)C(=O)N2C[C@@H](C)CC[C@@H]2c2ccc3scnc3c2)cnc1NC(=O)OC(C)(C)C. The Morgan fingerprint density at radius 2 is 1.92 bits per heavy atom. The van der Waals surface area contributed by atoms with E-state index in [1.165, 1.54) is 6.20 Å². The molecule has 4 rings (SSSR count). The van der Waals surface area contributed by atoms with Crippen molar-refractivity contribution in [3.8, 4) is 0 Å². The Morgan fingerprint density at radius 3 is 2.65 bits per heavy atom. The number of carbonyl (C=O) groups is 3. The summed E-state index contributed by atoms with van der Waals surface area (Å²) in [6, 6.07) is 7.57. The zero-order valence-corrected chi connectivity index (χ0v) is 22.6. The Kier molecular flexibility index (Phi) is 7.77. The van der Waals surface area contributed by atoms with Gasteiger partial charge in [0.1, 0.15) is 11.4 Å². The largest absolute Gasteiger partial charge is 0.444 e. The van der Waals surface area contributed by atoms with Crippen LogP contribution in [-0.2, 0) is 20.7 Å². The fraction of sp³-hybridized carbons (Fsp3) is 0.444. The third-order valence-electron chi connectivity index (χ3n) is 6.24. The first-order chi connectivity index (χ1) is 17.5. The quantitative estimate of drug-likeness (QED) is 0.434. The lowest BCUT2D eigenvalue weighted by atomic mass is 9.89. The third kappa shape index (κ3) is 6.43. The van der Waals surface area contributed by atoms with Crippen molar-refractivity contribution in [2.24, 2.45) is 5.92 Å². The van der Waals surface area contributed by atoms with Crippen molar-refractivity contribution in [1.29, 1.82) is 0 Å². The highest BCUT2D eigenvalue weighted by Crippen LogP contribution is 2.35. The van der Waals surface area contributed by atoms with E-state index in [4.69, 9.17) is 4.74 Å². The first-order valence-electron chi connectivity index (χ1n) is 12.5. The molecule has 0 saturated carbocycles. The zero-order valence-electron chi connectivity index (χ0n) is 21.8. The highest BCUT2D eigenvalue weighted by Gasteiger charge is 2.34. The average molecular weight is 524 g/mol. The van der Waals surface area contributed by atoms with Gasteiger partial charge in [-0.25, -0.2) is 14.8 Å². The molecule has 3 heterocycles. The van der Waals surface area contributed by atoms with Gasteiger partial charge in [-0.15, -0.1) is 11.3 Å². The number of anilines is 2. The number of ether oxygens (including phenoxy) is 1. The van der Waals surface area contributed by atoms with Crippen LogP contribution in [0, 0.1) is 5.92 Å². The van der Waals surface area contributed by atoms with Gasteiger partial charge >= 0.3 is 17.9 Å². The molecule has 0 radical (unpaired) electrons. The number of likely N-dealkylation sites (tertiary alicyclic amines) is 1. The number of benzene rings is 1. The first-order valence-corrected chi connectivity index (χ1v) is 13.4. The van der Waals surface area contributed by atoms with E-state index in [0.717, 1.165) is 28.6 Å². The third-order valence-corrected chi connectivity index (χ3v) is 7.05. The number of hydrogen-bond acceptors (Lipinski definition) is 7. The molecule has 2 atom stereocenters. The summed E-state index contributed by atoms with van der Waals surface area (Å²) in [5.74, 6) is -0.652. The number of piperidine rings is 1. The van der Waals surface area contributed by atoms with Gasteiger partial charge < -0.3 is 15.0 Å². The van der Waals surface area contributed by atoms with Crippen LogP contribution in [-0.4, -0.2) is 44.9 Å². The summed E-state index contributed by atoms with van der Waals surface area (Å²) in [6.45, 7) is 9.84. The van der Waals surface area contributed by atoms with Crippen LogP contribution in [0.1, 0.15) is 64.6 Å². The summed E-state index contributed by atoms with van der Waals surface area (Å²) < 4.78 is 6.39. The maximum Gasteiger partial charge on any atom is 0.413 e. The average Bonchev–Trinajstić information content (AvgIpc) is 3.31. The van der Waals surface area contributed by atoms with Gasteiger partial charge in [0.05, 0.1) is 33.7 Å². The second kappa shape index (κ2) is 10.8. The number of nitrogens with zero attached hydrogens (tertiary/aromatic N) is 3. The van der Waals surface area contributed by atoms with Gasteiger partial charge in [0.2, 0.25) is 0 Å². The molecule has 10 heteroatoms. The molecule has 1 aliphatic heterocycles. The first kappa shape index (κ1) is 26.5. The van der Waals surface area contributed by atoms with Crippen LogP contribution in [0.25, 0.3) is 10.2 Å². The number of thiazole rings is 1. The van der Waals surface area contributed by atoms with Crippen LogP contribution < -0.4 is 10.6 Å². The molecular formula is C27H33N5O4S. The van der Waals surface area contributed by atoms with Crippen LogP contribution in [0.5, 0.6) is 0 Å². The lowest BCUT2D eigenvalue weighted by Gasteiger charge is -2.38. The molecule has 0 aliphatic carbocycles. The molecule has 1 fully saturated rings. The van der Waals surface area contributed by atoms with Gasteiger partial charge in [0, 0.05) is 6.54 Å². The number of amides is 3. The lowest BCUT2D eigenvalue weighted by Crippen LogP contribution is -2.46. The van der Waals surface area contributed by atoms with E-state index < -0.39 is 23.5 Å². The van der Waals surface area contributed by atoms with Gasteiger partial charge in [-0.3, -0.25) is 14.9 Å². The van der Waals surface area contributed by atoms with Gasteiger partial charge in [0.15, 0.2) is 0 Å². The van der Waals surface area contributed by atoms with Crippen LogP contribution in [0.2, 0.25) is 0 Å². The minimum absolute atomic E-state index is 0.190. The van der Waals surface area contributed by atoms with Gasteiger partial charge in [-0.05, 0) is 75.3 Å². The summed E-state index contributed by atoms with van der Waals surface area (Å²) in [7, 11) is 0. The second-order valence-corrected chi connectivity index (χ2v) is 11.3. The zero-order chi connectivity index (χ0) is 26.7. The number of pyridine rings is 1. The number of aromatic nitrogens is 2. The Hall–Kier alpha value is -3.53. The Labute approximate surface area is 220 Å². The van der Waals surface area contributed by atoms with E-state index in [2.05, 4.69) is 27.5 Å². The lowest BCUT2D eigenvalue weighted by molar-refractivity contribution is -0.146. The summed E-state index contributed by atoms with van der Waals surface area (Å²) in [5.41, 5.74) is 4.14. The highest BCUT2D eigenvalue weighted by atomic mass is 32.1. The van der Waals surface area contributed by atoms with Crippen molar-refractivity contribution in [3.63, 3.8) is 0 Å². The monoisotopic (exact) mass is 523 g/mol. The molecule has 0 spiro atoms. The summed E-state index contributed by atoms with van der Waals surface area (Å²) in [4.78, 5) is 48.9. The standard InChI is InChI=1S/C27H33N5O4S/c1-6-17-11-19(13-28-23(17)31-26(35)36-27(3,4)5)30-24(33)25(34)32-14-16(2)7-9-21(32)18-8-10-22-20(12-18)29-15-37-22/h8,10-13,15-16,21H,6-7,9,14H2,1-5H3,(H,30,33)(H,28,31,35)/t16-,21+/m0/s1. The van der Waals surface area contributed by atoms with Crippen molar-refractivity contribution in [2.75, 3.05) is 17.2 Å². The number of aryl methyl sites for hydroxylation is 1. The van der Waals surface area contributed by atoms with E-state index in [-0.39, 0.29) is 6.04 Å². The van der Waals surface area contributed by atoms with E-state index in [1.807, 2.05) is 25.1 Å². The summed E-state index contributed by atoms with van der Waals surface area (Å²) in [6.07, 6.45) is 3.12. The van der Waals surface area contributed by atoms with E-state index in [9.17, 15) is 14.4 Å². The van der Waals surface area contributed by atoms with Crippen LogP contribution in [0.4, 0.5) is 16.3 Å². The predicted octanol–water partition coefficient (Wildman–Crippen LogP) is 5.54. The fourth-order valence-electron chi connectivity index (χ4n) is 4.48. The Balaban J connectivity index is 1.49. The molecule has 9 nitrogen and oxygen atoms in total. The fourth-order valence-corrected chi connectivity index (χ4v) is 5.14. The maximum absolute atomic E-state index is 13.4. The van der Waals surface area contributed by atoms with Crippen molar-refractivity contribution in [1.82, 2.24) is 14.9 Å². The molecule has 1 aromatic carbocycles. The van der Waals surface area contributed by atoms with Crippen molar-refractivity contribution in [2.45, 2.75) is 65.5 Å². The number of nitrogens with one attached hydrogen (secondary N) is 2. The van der Waals surface area contributed by atoms with E-state index >= 15 is 0 Å². The van der Waals surface area contributed by atoms with Gasteiger partial charge in [-0.2, -0.15) is 0 Å². The number of rotatable bonds is 4. The normalized spacial score (nSPS) is 17.9. The van der Waals surface area contributed by atoms with Crippen molar-refractivity contribution in [3.05, 3.63) is 47.1 Å². The highest BCUT2D eigenvalue weighted by molar-refractivity contribution is 7.16. The molecule has 1 saturated heterocycles. The van der Waals surface area contributed by atoms with Gasteiger partial charge in [0.25, 0.3) is 0 Å². The Bertz CT molecular complexity index is 1320. The number of carbonyl (C=O) groups excluding carboxylic acids is 3. The predicted molar refractivity (Wildman–Crippen MR) is 145 cm³/mol. The minimum atomic E-state index is -0.717. The molecule has 3 amide bonds. The molecule has 0 unspecified atom stereocenters. The molecule has 0 bridgehead atoms. The van der Waals surface area contributed by atoms with Crippen molar-refractivity contribution >= 4 is 51.0 Å². The van der Waals surface area contributed by atoms with Crippen LogP contribution in [0.3, 0.4) is 0 Å².